The van der Waals surface area contributed by atoms with Gasteiger partial charge in [0.2, 0.25) is 0 Å². The summed E-state index contributed by atoms with van der Waals surface area (Å²) in [6.45, 7) is -0.0532. The third-order valence-corrected chi connectivity index (χ3v) is 2.52. The SMILES string of the molecule is O=CCN=C(c1cccc(F)c1)c1cccc(F)c1. The van der Waals surface area contributed by atoms with Gasteiger partial charge in [0.25, 0.3) is 0 Å². The molecule has 96 valence electrons. The highest BCUT2D eigenvalue weighted by molar-refractivity contribution is 6.13. The van der Waals surface area contributed by atoms with Crippen molar-refractivity contribution in [1.82, 2.24) is 0 Å². The molecular formula is C15H11F2NO. The molecule has 0 bridgehead atoms. The Hall–Kier alpha value is -2.36. The number of rotatable bonds is 4. The maximum atomic E-state index is 13.2. The van der Waals surface area contributed by atoms with Crippen molar-refractivity contribution in [3.63, 3.8) is 0 Å². The number of nitrogens with zero attached hydrogens (tertiary/aromatic N) is 1. The molecule has 0 spiro atoms. The van der Waals surface area contributed by atoms with Crippen LogP contribution < -0.4 is 0 Å². The average Bonchev–Trinajstić information content (AvgIpc) is 2.39. The number of benzene rings is 2. The molecule has 0 unspecified atom stereocenters. The van der Waals surface area contributed by atoms with Crippen molar-refractivity contribution in [2.45, 2.75) is 0 Å². The number of carbonyl (C=O) groups is 1. The van der Waals surface area contributed by atoms with Crippen molar-refractivity contribution >= 4 is 12.0 Å². The van der Waals surface area contributed by atoms with Gasteiger partial charge in [0.1, 0.15) is 17.9 Å². The van der Waals surface area contributed by atoms with Crippen molar-refractivity contribution in [2.24, 2.45) is 4.99 Å². The topological polar surface area (TPSA) is 29.4 Å². The monoisotopic (exact) mass is 259 g/mol. The normalized spacial score (nSPS) is 10.0. The maximum absolute atomic E-state index is 13.2. The molecule has 0 aromatic heterocycles. The van der Waals surface area contributed by atoms with Crippen molar-refractivity contribution in [2.75, 3.05) is 6.54 Å². The minimum atomic E-state index is -0.410. The second kappa shape index (κ2) is 6.00. The van der Waals surface area contributed by atoms with E-state index in [4.69, 9.17) is 0 Å². The van der Waals surface area contributed by atoms with Crippen LogP contribution >= 0.6 is 0 Å². The molecule has 0 aliphatic heterocycles. The molecule has 0 atom stereocenters. The number of hydrogen-bond acceptors (Lipinski definition) is 2. The van der Waals surface area contributed by atoms with Crippen LogP contribution in [0.25, 0.3) is 0 Å². The molecule has 0 aliphatic carbocycles. The summed E-state index contributed by atoms with van der Waals surface area (Å²) in [5.74, 6) is -0.819. The van der Waals surface area contributed by atoms with Crippen LogP contribution in [0, 0.1) is 11.6 Å². The van der Waals surface area contributed by atoms with Gasteiger partial charge in [-0.15, -0.1) is 0 Å². The lowest BCUT2D eigenvalue weighted by molar-refractivity contribution is -0.106. The molecule has 0 saturated carbocycles. The molecule has 4 heteroatoms. The Bertz CT molecular complexity index is 576. The molecular weight excluding hydrogens is 248 g/mol. The number of halogens is 2. The van der Waals surface area contributed by atoms with E-state index >= 15 is 0 Å². The van der Waals surface area contributed by atoms with E-state index in [2.05, 4.69) is 4.99 Å². The second-order valence-corrected chi connectivity index (χ2v) is 3.88. The predicted molar refractivity (Wildman–Crippen MR) is 69.4 cm³/mol. The van der Waals surface area contributed by atoms with E-state index in [1.54, 1.807) is 24.3 Å². The van der Waals surface area contributed by atoms with Crippen LogP contribution in [0.4, 0.5) is 8.78 Å². The highest BCUT2D eigenvalue weighted by atomic mass is 19.1. The third-order valence-electron chi connectivity index (χ3n) is 2.52. The Labute approximate surface area is 109 Å². The van der Waals surface area contributed by atoms with Crippen LogP contribution in [0.2, 0.25) is 0 Å². The lowest BCUT2D eigenvalue weighted by Gasteiger charge is -2.07. The Morgan fingerprint density at radius 3 is 1.95 bits per heavy atom. The molecule has 0 fully saturated rings. The first-order valence-corrected chi connectivity index (χ1v) is 5.70. The highest BCUT2D eigenvalue weighted by Crippen LogP contribution is 2.13. The molecule has 0 radical (unpaired) electrons. The number of carbonyl (C=O) groups excluding carboxylic acids is 1. The second-order valence-electron chi connectivity index (χ2n) is 3.88. The first-order chi connectivity index (χ1) is 9.20. The van der Waals surface area contributed by atoms with Crippen LogP contribution in [0.3, 0.4) is 0 Å². The van der Waals surface area contributed by atoms with Crippen molar-refractivity contribution < 1.29 is 13.6 Å². The van der Waals surface area contributed by atoms with Crippen molar-refractivity contribution in [3.8, 4) is 0 Å². The summed E-state index contributed by atoms with van der Waals surface area (Å²) < 4.78 is 26.5. The van der Waals surface area contributed by atoms with E-state index in [0.717, 1.165) is 0 Å². The maximum Gasteiger partial charge on any atom is 0.141 e. The van der Waals surface area contributed by atoms with Gasteiger partial charge in [0.05, 0.1) is 12.3 Å². The molecule has 0 saturated heterocycles. The van der Waals surface area contributed by atoms with Gasteiger partial charge in [-0.25, -0.2) is 8.78 Å². The molecule has 2 nitrogen and oxygen atoms in total. The Kier molecular flexibility index (Phi) is 4.13. The lowest BCUT2D eigenvalue weighted by Crippen LogP contribution is -2.06. The van der Waals surface area contributed by atoms with Crippen LogP contribution in [0.15, 0.2) is 53.5 Å². The summed E-state index contributed by atoms with van der Waals surface area (Å²) in [5.41, 5.74) is 1.41. The van der Waals surface area contributed by atoms with E-state index in [1.165, 1.54) is 24.3 Å². The van der Waals surface area contributed by atoms with E-state index in [9.17, 15) is 13.6 Å². The van der Waals surface area contributed by atoms with E-state index in [1.807, 2.05) is 0 Å². The van der Waals surface area contributed by atoms with E-state index < -0.39 is 11.6 Å². The fraction of sp³-hybridized carbons (Fsp3) is 0.0667. The summed E-state index contributed by atoms with van der Waals surface area (Å²) >= 11 is 0. The van der Waals surface area contributed by atoms with Crippen molar-refractivity contribution in [1.29, 1.82) is 0 Å². The molecule has 19 heavy (non-hydrogen) atoms. The predicted octanol–water partition coefficient (Wildman–Crippen LogP) is 3.00. The summed E-state index contributed by atoms with van der Waals surface area (Å²) in [6, 6.07) is 11.6. The minimum absolute atomic E-state index is 0.0532. The fourth-order valence-corrected chi connectivity index (χ4v) is 1.75. The summed E-state index contributed by atoms with van der Waals surface area (Å²) in [7, 11) is 0. The Morgan fingerprint density at radius 2 is 1.53 bits per heavy atom. The van der Waals surface area contributed by atoms with Gasteiger partial charge < -0.3 is 4.79 Å². The zero-order valence-electron chi connectivity index (χ0n) is 10.0. The molecule has 2 aromatic carbocycles. The van der Waals surface area contributed by atoms with Gasteiger partial charge >= 0.3 is 0 Å². The average molecular weight is 259 g/mol. The number of hydrogen-bond donors (Lipinski definition) is 0. The van der Waals surface area contributed by atoms with Gasteiger partial charge in [0.15, 0.2) is 0 Å². The number of aliphatic imine (C=N–C) groups is 1. The van der Waals surface area contributed by atoms with Crippen LogP contribution in [-0.4, -0.2) is 18.5 Å². The Morgan fingerprint density at radius 1 is 1.00 bits per heavy atom. The molecule has 0 amide bonds. The van der Waals surface area contributed by atoms with Crippen LogP contribution in [0.5, 0.6) is 0 Å². The van der Waals surface area contributed by atoms with Crippen molar-refractivity contribution in [3.05, 3.63) is 71.3 Å². The number of aldehydes is 1. The Balaban J connectivity index is 2.50. The zero-order valence-corrected chi connectivity index (χ0v) is 10.0. The minimum Gasteiger partial charge on any atom is -0.301 e. The van der Waals surface area contributed by atoms with Gasteiger partial charge in [-0.3, -0.25) is 4.99 Å². The van der Waals surface area contributed by atoms with Crippen LogP contribution in [-0.2, 0) is 4.79 Å². The molecule has 0 aliphatic rings. The van der Waals surface area contributed by atoms with Crippen LogP contribution in [0.1, 0.15) is 11.1 Å². The third kappa shape index (κ3) is 3.31. The highest BCUT2D eigenvalue weighted by Gasteiger charge is 2.08. The first kappa shape index (κ1) is 13.1. The first-order valence-electron chi connectivity index (χ1n) is 5.70. The van der Waals surface area contributed by atoms with Gasteiger partial charge in [-0.1, -0.05) is 24.3 Å². The zero-order chi connectivity index (χ0) is 13.7. The van der Waals surface area contributed by atoms with Gasteiger partial charge in [0, 0.05) is 11.1 Å². The quantitative estimate of drug-likeness (QED) is 0.613. The summed E-state index contributed by atoms with van der Waals surface area (Å²) in [6.07, 6.45) is 0.637. The molecule has 2 rings (SSSR count). The standard InChI is InChI=1S/C15H11F2NO/c16-13-5-1-3-11(9-13)15(18-7-8-19)12-4-2-6-14(17)10-12/h1-6,8-10H,7H2. The molecule has 2 aromatic rings. The van der Waals surface area contributed by atoms with E-state index in [-0.39, 0.29) is 6.54 Å². The fourth-order valence-electron chi connectivity index (χ4n) is 1.75. The van der Waals surface area contributed by atoms with Gasteiger partial charge in [-0.05, 0) is 24.3 Å². The largest absolute Gasteiger partial charge is 0.301 e. The molecule has 0 N–H and O–H groups in total. The smallest absolute Gasteiger partial charge is 0.141 e. The lowest BCUT2D eigenvalue weighted by atomic mass is 10.0. The van der Waals surface area contributed by atoms with Gasteiger partial charge in [-0.2, -0.15) is 0 Å². The summed E-state index contributed by atoms with van der Waals surface area (Å²) in [4.78, 5) is 14.5. The van der Waals surface area contributed by atoms with E-state index in [0.29, 0.717) is 23.1 Å². The summed E-state index contributed by atoms with van der Waals surface area (Å²) in [5, 5.41) is 0. The molecule has 0 heterocycles.